The molecule has 3 aromatic heterocycles. The van der Waals surface area contributed by atoms with Crippen LogP contribution in [-0.4, -0.2) is 26.0 Å². The van der Waals surface area contributed by atoms with Crippen LogP contribution in [0.2, 0.25) is 0 Å². The van der Waals surface area contributed by atoms with Crippen LogP contribution in [0.3, 0.4) is 0 Å². The number of carboxylic acids is 1. The normalized spacial score (nSPS) is 15.3. The first-order chi connectivity index (χ1) is 17.7. The number of carbonyl (C=O) groups is 1. The number of benzene rings is 1. The number of hydrogen-bond donors (Lipinski definition) is 2. The van der Waals surface area contributed by atoms with Gasteiger partial charge in [-0.2, -0.15) is 13.2 Å². The monoisotopic (exact) mass is 524 g/mol. The molecule has 10 heteroatoms. The van der Waals surface area contributed by atoms with Gasteiger partial charge in [0, 0.05) is 18.3 Å². The maximum absolute atomic E-state index is 13.1. The summed E-state index contributed by atoms with van der Waals surface area (Å²) >= 11 is 1.52. The standard InChI is InChI=1S/C27H23F3N4O2S/c1-2-15-10-21(33-24(11-15)34-23-13-18(8-9-31-23)27(28,29)30)22-14-32-25(37-22)20-5-3-4-16-12-17(26(35)36)6-7-19(16)20/h6-14,20H,2-5H2,1H3,(H,35,36)(H,31,33,34). The Morgan fingerprint density at radius 1 is 1.14 bits per heavy atom. The molecule has 6 nitrogen and oxygen atoms in total. The summed E-state index contributed by atoms with van der Waals surface area (Å²) in [5.74, 6) is -0.397. The fraction of sp³-hybridized carbons (Fsp3) is 0.259. The zero-order chi connectivity index (χ0) is 26.2. The van der Waals surface area contributed by atoms with Gasteiger partial charge >= 0.3 is 12.1 Å². The Labute approximate surface area is 215 Å². The molecule has 0 fully saturated rings. The van der Waals surface area contributed by atoms with E-state index in [1.807, 2.05) is 19.1 Å². The Morgan fingerprint density at radius 2 is 1.97 bits per heavy atom. The lowest BCUT2D eigenvalue weighted by Gasteiger charge is -2.24. The number of pyridine rings is 2. The van der Waals surface area contributed by atoms with E-state index in [1.54, 1.807) is 24.4 Å². The van der Waals surface area contributed by atoms with E-state index in [4.69, 9.17) is 0 Å². The lowest BCUT2D eigenvalue weighted by Crippen LogP contribution is -2.12. The minimum Gasteiger partial charge on any atom is -0.478 e. The van der Waals surface area contributed by atoms with Gasteiger partial charge in [0.1, 0.15) is 16.6 Å². The molecule has 0 saturated carbocycles. The van der Waals surface area contributed by atoms with Gasteiger partial charge in [-0.05, 0) is 78.8 Å². The molecule has 0 aliphatic heterocycles. The fourth-order valence-electron chi connectivity index (χ4n) is 4.56. The van der Waals surface area contributed by atoms with Gasteiger partial charge in [-0.25, -0.2) is 19.7 Å². The topological polar surface area (TPSA) is 88.0 Å². The van der Waals surface area contributed by atoms with Crippen molar-refractivity contribution in [2.24, 2.45) is 0 Å². The summed E-state index contributed by atoms with van der Waals surface area (Å²) < 4.78 is 39.3. The largest absolute Gasteiger partial charge is 0.478 e. The first-order valence-electron chi connectivity index (χ1n) is 11.8. The van der Waals surface area contributed by atoms with Crippen LogP contribution in [0.15, 0.2) is 54.9 Å². The molecule has 0 spiro atoms. The molecule has 1 aromatic carbocycles. The lowest BCUT2D eigenvalue weighted by atomic mass is 9.82. The molecule has 1 aliphatic carbocycles. The van der Waals surface area contributed by atoms with Crippen LogP contribution in [-0.2, 0) is 19.0 Å². The Morgan fingerprint density at radius 3 is 2.73 bits per heavy atom. The second-order valence-corrected chi connectivity index (χ2v) is 9.94. The predicted octanol–water partition coefficient (Wildman–Crippen LogP) is 7.09. The van der Waals surface area contributed by atoms with Crippen molar-refractivity contribution in [3.8, 4) is 10.6 Å². The van der Waals surface area contributed by atoms with Crippen LogP contribution in [0.25, 0.3) is 10.6 Å². The highest BCUT2D eigenvalue weighted by atomic mass is 32.1. The summed E-state index contributed by atoms with van der Waals surface area (Å²) in [6.07, 6.45) is 1.84. The van der Waals surface area contributed by atoms with Crippen LogP contribution in [0.1, 0.15) is 63.3 Å². The summed E-state index contributed by atoms with van der Waals surface area (Å²) in [7, 11) is 0. The molecule has 0 amide bonds. The summed E-state index contributed by atoms with van der Waals surface area (Å²) in [5, 5.41) is 13.2. The highest BCUT2D eigenvalue weighted by Crippen LogP contribution is 2.40. The van der Waals surface area contributed by atoms with E-state index in [9.17, 15) is 23.1 Å². The number of nitrogens with one attached hydrogen (secondary N) is 1. The molecule has 5 rings (SSSR count). The molecule has 1 atom stereocenters. The second kappa shape index (κ2) is 9.93. The zero-order valence-electron chi connectivity index (χ0n) is 19.8. The van der Waals surface area contributed by atoms with Crippen molar-refractivity contribution in [2.45, 2.75) is 44.7 Å². The maximum Gasteiger partial charge on any atom is 0.416 e. The Bertz CT molecular complexity index is 1470. The van der Waals surface area contributed by atoms with Crippen molar-refractivity contribution in [2.75, 3.05) is 5.32 Å². The third-order valence-electron chi connectivity index (χ3n) is 6.42. The Kier molecular flexibility index (Phi) is 6.68. The molecule has 4 aromatic rings. The van der Waals surface area contributed by atoms with E-state index >= 15 is 0 Å². The van der Waals surface area contributed by atoms with Gasteiger partial charge in [-0.1, -0.05) is 13.0 Å². The number of carboxylic acid groups (broad SMARTS) is 1. The fourth-order valence-corrected chi connectivity index (χ4v) is 5.59. The summed E-state index contributed by atoms with van der Waals surface area (Å²) in [6, 6.07) is 10.9. The van der Waals surface area contributed by atoms with Gasteiger partial charge in [0.15, 0.2) is 0 Å². The second-order valence-electron chi connectivity index (χ2n) is 8.88. The third kappa shape index (κ3) is 5.34. The van der Waals surface area contributed by atoms with E-state index < -0.39 is 17.7 Å². The molecule has 1 aliphatic rings. The van der Waals surface area contributed by atoms with Gasteiger partial charge in [0.2, 0.25) is 0 Å². The first kappa shape index (κ1) is 24.9. The van der Waals surface area contributed by atoms with Crippen LogP contribution in [0, 0.1) is 0 Å². The molecular weight excluding hydrogens is 501 g/mol. The molecule has 0 radical (unpaired) electrons. The number of hydrogen-bond acceptors (Lipinski definition) is 6. The molecule has 2 N–H and O–H groups in total. The van der Waals surface area contributed by atoms with Gasteiger partial charge in [0.05, 0.1) is 21.7 Å². The van der Waals surface area contributed by atoms with Gasteiger partial charge in [-0.15, -0.1) is 11.3 Å². The summed E-state index contributed by atoms with van der Waals surface area (Å²) in [4.78, 5) is 25.6. The lowest BCUT2D eigenvalue weighted by molar-refractivity contribution is -0.137. The van der Waals surface area contributed by atoms with E-state index in [-0.39, 0.29) is 17.3 Å². The molecular formula is C27H23F3N4O2S. The van der Waals surface area contributed by atoms with E-state index in [1.165, 1.54) is 11.3 Å². The van der Waals surface area contributed by atoms with Crippen molar-refractivity contribution >= 4 is 28.9 Å². The number of aromatic carboxylic acids is 1. The third-order valence-corrected chi connectivity index (χ3v) is 7.55. The van der Waals surface area contributed by atoms with Crippen molar-refractivity contribution in [3.63, 3.8) is 0 Å². The molecule has 190 valence electrons. The van der Waals surface area contributed by atoms with Gasteiger partial charge in [-0.3, -0.25) is 0 Å². The molecule has 3 heterocycles. The quantitative estimate of drug-likeness (QED) is 0.280. The number of aryl methyl sites for hydroxylation is 2. The number of thiazole rings is 1. The van der Waals surface area contributed by atoms with Crippen molar-refractivity contribution in [1.29, 1.82) is 0 Å². The highest BCUT2D eigenvalue weighted by Gasteiger charge is 2.31. The van der Waals surface area contributed by atoms with E-state index in [0.29, 0.717) is 17.9 Å². The van der Waals surface area contributed by atoms with Crippen molar-refractivity contribution in [3.05, 3.63) is 87.7 Å². The average Bonchev–Trinajstić information content (AvgIpc) is 3.37. The number of halogens is 3. The van der Waals surface area contributed by atoms with Crippen molar-refractivity contribution < 1.29 is 23.1 Å². The minimum atomic E-state index is -4.46. The number of anilines is 2. The van der Waals surface area contributed by atoms with Crippen LogP contribution in [0.4, 0.5) is 24.8 Å². The SMILES string of the molecule is CCc1cc(Nc2cc(C(F)(F)F)ccn2)nc(-c2cnc(C3CCCc4cc(C(=O)O)ccc43)s2)c1. The van der Waals surface area contributed by atoms with Crippen LogP contribution in [0.5, 0.6) is 0 Å². The number of aromatic nitrogens is 3. The number of rotatable bonds is 6. The first-order valence-corrected chi connectivity index (χ1v) is 12.7. The van der Waals surface area contributed by atoms with Crippen LogP contribution < -0.4 is 5.32 Å². The predicted molar refractivity (Wildman–Crippen MR) is 135 cm³/mol. The molecule has 1 unspecified atom stereocenters. The van der Waals surface area contributed by atoms with E-state index in [0.717, 1.165) is 64.2 Å². The average molecular weight is 525 g/mol. The summed E-state index contributed by atoms with van der Waals surface area (Å²) in [5.41, 5.74) is 3.29. The Hall–Kier alpha value is -3.79. The zero-order valence-corrected chi connectivity index (χ0v) is 20.7. The highest BCUT2D eigenvalue weighted by molar-refractivity contribution is 7.15. The molecule has 0 bridgehead atoms. The number of alkyl halides is 3. The minimum absolute atomic E-state index is 0.0612. The number of nitrogens with zero attached hydrogens (tertiary/aromatic N) is 3. The number of fused-ring (bicyclic) bond motifs is 1. The molecule has 0 saturated heterocycles. The Balaban J connectivity index is 1.44. The van der Waals surface area contributed by atoms with Crippen molar-refractivity contribution in [1.82, 2.24) is 15.0 Å². The van der Waals surface area contributed by atoms with Gasteiger partial charge < -0.3 is 10.4 Å². The maximum atomic E-state index is 13.1. The van der Waals surface area contributed by atoms with E-state index in [2.05, 4.69) is 20.3 Å². The molecule has 37 heavy (non-hydrogen) atoms. The van der Waals surface area contributed by atoms with Crippen LogP contribution >= 0.6 is 11.3 Å². The summed E-state index contributed by atoms with van der Waals surface area (Å²) in [6.45, 7) is 1.99. The smallest absolute Gasteiger partial charge is 0.416 e. The van der Waals surface area contributed by atoms with Gasteiger partial charge in [0.25, 0.3) is 0 Å².